The molecule has 2 aromatic carbocycles. The van der Waals surface area contributed by atoms with Gasteiger partial charge in [-0.1, -0.05) is 12.1 Å². The molecule has 3 aliphatic heterocycles. The van der Waals surface area contributed by atoms with Gasteiger partial charge in [0.05, 0.1) is 33.5 Å². The lowest BCUT2D eigenvalue weighted by Crippen LogP contribution is -2.41. The van der Waals surface area contributed by atoms with Gasteiger partial charge in [-0.25, -0.2) is 4.98 Å². The first-order valence-corrected chi connectivity index (χ1v) is 11.8. The number of carbonyl (C=O) groups excluding carboxylic acids is 1. The molecule has 1 saturated heterocycles. The van der Waals surface area contributed by atoms with Gasteiger partial charge in [-0.2, -0.15) is 8.78 Å². The van der Waals surface area contributed by atoms with E-state index in [1.165, 1.54) is 11.0 Å². The van der Waals surface area contributed by atoms with Gasteiger partial charge in [0.15, 0.2) is 5.82 Å². The van der Waals surface area contributed by atoms with E-state index in [4.69, 9.17) is 19.0 Å². The van der Waals surface area contributed by atoms with Gasteiger partial charge in [-0.3, -0.25) is 4.79 Å². The van der Waals surface area contributed by atoms with Gasteiger partial charge in [0.1, 0.15) is 5.75 Å². The van der Waals surface area contributed by atoms with E-state index in [-0.39, 0.29) is 11.7 Å². The molecule has 1 amide bonds. The number of hydrogen-bond donors (Lipinski definition) is 0. The third-order valence-electron chi connectivity index (χ3n) is 7.96. The zero-order valence-electron chi connectivity index (χ0n) is 20.9. The van der Waals surface area contributed by atoms with Crippen LogP contribution >= 0.6 is 0 Å². The summed E-state index contributed by atoms with van der Waals surface area (Å²) in [4.78, 5) is 19.7. The average molecular weight is 493 g/mol. The summed E-state index contributed by atoms with van der Waals surface area (Å²) in [5.41, 5.74) is 1.57. The van der Waals surface area contributed by atoms with E-state index in [0.717, 1.165) is 11.0 Å². The number of carbonyl (C=O) groups is 1. The Morgan fingerprint density at radius 3 is 2.42 bits per heavy atom. The summed E-state index contributed by atoms with van der Waals surface area (Å²) in [5.74, 6) is 0.226. The van der Waals surface area contributed by atoms with Gasteiger partial charge in [0.2, 0.25) is 0 Å². The number of hydrogen-bond acceptors (Lipinski definition) is 5. The van der Waals surface area contributed by atoms with Crippen LogP contribution in [-0.2, 0) is 14.8 Å². The quantitative estimate of drug-likeness (QED) is 0.514. The molecule has 2 bridgehead atoms. The number of fused-ring (bicyclic) bond motifs is 8. The molecular formula is C26H26BF2N3O4. The van der Waals surface area contributed by atoms with Crippen molar-refractivity contribution in [2.75, 3.05) is 7.05 Å². The average Bonchev–Trinajstić information content (AvgIpc) is 3.37. The number of alkyl halides is 2. The first-order chi connectivity index (χ1) is 16.8. The van der Waals surface area contributed by atoms with Crippen molar-refractivity contribution in [3.05, 3.63) is 59.4 Å². The van der Waals surface area contributed by atoms with Crippen molar-refractivity contribution in [3.63, 3.8) is 0 Å². The van der Waals surface area contributed by atoms with Crippen molar-refractivity contribution < 1.29 is 27.6 Å². The highest BCUT2D eigenvalue weighted by Gasteiger charge is 2.52. The van der Waals surface area contributed by atoms with Crippen LogP contribution in [0.25, 0.3) is 16.7 Å². The first kappa shape index (κ1) is 23.2. The smallest absolute Gasteiger partial charge is 0.434 e. The lowest BCUT2D eigenvalue weighted by Gasteiger charge is -2.32. The normalized spacial score (nSPS) is 23.7. The Morgan fingerprint density at radius 2 is 1.75 bits per heavy atom. The Morgan fingerprint density at radius 1 is 1.06 bits per heavy atom. The molecule has 0 N–H and O–H groups in total. The maximum atomic E-state index is 13.4. The second kappa shape index (κ2) is 7.17. The number of benzene rings is 2. The topological polar surface area (TPSA) is 65.8 Å². The van der Waals surface area contributed by atoms with Gasteiger partial charge in [0.25, 0.3) is 5.91 Å². The molecule has 1 fully saturated rings. The predicted octanol–water partition coefficient (Wildman–Crippen LogP) is 4.14. The highest BCUT2D eigenvalue weighted by molar-refractivity contribution is 6.62. The van der Waals surface area contributed by atoms with Crippen LogP contribution < -0.4 is 10.2 Å². The van der Waals surface area contributed by atoms with E-state index >= 15 is 0 Å². The van der Waals surface area contributed by atoms with Gasteiger partial charge < -0.3 is 23.5 Å². The fourth-order valence-electron chi connectivity index (χ4n) is 5.40. The molecule has 0 radical (unpaired) electrons. The standard InChI is InChI=1S/C26H26BF2N3O4/c1-24(2)25(3,4)36-27(35-24)14-10-11-16-17(12-14)32-21(30-16)18-13-26(32,5)20-15(22(33)31(18)6)8-7-9-19(20)34-23(28)29/h7-13,23H,1-6H3. The molecule has 0 aliphatic carbocycles. The number of halogens is 2. The monoisotopic (exact) mass is 493 g/mol. The number of imidazole rings is 1. The molecule has 3 aliphatic rings. The zero-order chi connectivity index (χ0) is 25.8. The molecule has 186 valence electrons. The molecule has 4 heterocycles. The van der Waals surface area contributed by atoms with Crippen molar-refractivity contribution in [2.24, 2.45) is 0 Å². The van der Waals surface area contributed by atoms with Crippen molar-refractivity contribution in [3.8, 4) is 5.75 Å². The SMILES string of the molecule is CN1C(=O)c2cccc(OC(F)F)c2C2(C)C=C1c1nc3ccc(B4OC(C)(C)C(C)(C)O4)cc3n12. The van der Waals surface area contributed by atoms with Crippen LogP contribution in [0.2, 0.25) is 0 Å². The lowest BCUT2D eigenvalue weighted by atomic mass is 9.79. The van der Waals surface area contributed by atoms with Crippen LogP contribution in [0.1, 0.15) is 56.4 Å². The van der Waals surface area contributed by atoms with Crippen LogP contribution in [0.3, 0.4) is 0 Å². The van der Waals surface area contributed by atoms with E-state index in [9.17, 15) is 13.6 Å². The Balaban J connectivity index is 1.57. The zero-order valence-corrected chi connectivity index (χ0v) is 20.9. The van der Waals surface area contributed by atoms with Gasteiger partial charge >= 0.3 is 13.7 Å². The number of allylic oxidation sites excluding steroid dienone is 1. The van der Waals surface area contributed by atoms with Crippen molar-refractivity contribution >= 4 is 35.2 Å². The Bertz CT molecular complexity index is 1470. The van der Waals surface area contributed by atoms with Crippen molar-refractivity contribution in [2.45, 2.75) is 58.0 Å². The molecule has 1 unspecified atom stereocenters. The van der Waals surface area contributed by atoms with Crippen LogP contribution in [0.15, 0.2) is 42.5 Å². The molecule has 3 aromatic rings. The largest absolute Gasteiger partial charge is 0.494 e. The van der Waals surface area contributed by atoms with E-state index in [1.807, 2.05) is 63.5 Å². The number of ether oxygens (including phenoxy) is 1. The summed E-state index contributed by atoms with van der Waals surface area (Å²) in [6.45, 7) is 6.83. The molecule has 7 nitrogen and oxygen atoms in total. The minimum Gasteiger partial charge on any atom is -0.434 e. The second-order valence-electron chi connectivity index (χ2n) is 10.7. The molecule has 10 heteroatoms. The molecule has 0 spiro atoms. The van der Waals surface area contributed by atoms with Crippen LogP contribution in [0, 0.1) is 0 Å². The minimum absolute atomic E-state index is 0.0407. The number of rotatable bonds is 3. The Labute approximate surface area is 207 Å². The fraction of sp³-hybridized carbons (Fsp3) is 0.385. The summed E-state index contributed by atoms with van der Waals surface area (Å²) in [6, 6.07) is 10.4. The van der Waals surface area contributed by atoms with E-state index in [0.29, 0.717) is 28.2 Å². The fourth-order valence-corrected chi connectivity index (χ4v) is 5.40. The van der Waals surface area contributed by atoms with Gasteiger partial charge in [-0.15, -0.1) is 0 Å². The predicted molar refractivity (Wildman–Crippen MR) is 131 cm³/mol. The summed E-state index contributed by atoms with van der Waals surface area (Å²) in [5, 5.41) is 0. The third-order valence-corrected chi connectivity index (χ3v) is 7.96. The molecule has 6 rings (SSSR count). The molecule has 1 atom stereocenters. The lowest BCUT2D eigenvalue weighted by molar-refractivity contribution is -0.0509. The minimum atomic E-state index is -3.03. The maximum Gasteiger partial charge on any atom is 0.494 e. The Kier molecular flexibility index (Phi) is 4.62. The summed E-state index contributed by atoms with van der Waals surface area (Å²) >= 11 is 0. The molecule has 0 saturated carbocycles. The van der Waals surface area contributed by atoms with E-state index in [1.54, 1.807) is 19.2 Å². The third kappa shape index (κ3) is 2.97. The second-order valence-corrected chi connectivity index (χ2v) is 10.7. The van der Waals surface area contributed by atoms with Crippen LogP contribution in [0.5, 0.6) is 5.75 Å². The first-order valence-electron chi connectivity index (χ1n) is 11.8. The Hall–Kier alpha value is -3.24. The van der Waals surface area contributed by atoms with Crippen LogP contribution in [-0.4, -0.2) is 52.3 Å². The highest BCUT2D eigenvalue weighted by Crippen LogP contribution is 2.49. The summed E-state index contributed by atoms with van der Waals surface area (Å²) in [7, 11) is 1.09. The van der Waals surface area contributed by atoms with Crippen LogP contribution in [0.4, 0.5) is 8.78 Å². The number of nitrogens with zero attached hydrogens (tertiary/aromatic N) is 3. The summed E-state index contributed by atoms with van der Waals surface area (Å²) < 4.78 is 46.2. The van der Waals surface area contributed by atoms with E-state index in [2.05, 4.69) is 0 Å². The van der Waals surface area contributed by atoms with Crippen molar-refractivity contribution in [1.82, 2.24) is 14.5 Å². The van der Waals surface area contributed by atoms with Crippen molar-refractivity contribution in [1.29, 1.82) is 0 Å². The van der Waals surface area contributed by atoms with Gasteiger partial charge in [-0.05, 0) is 70.4 Å². The van der Waals surface area contributed by atoms with E-state index < -0.39 is 30.5 Å². The maximum absolute atomic E-state index is 13.4. The van der Waals surface area contributed by atoms with Gasteiger partial charge in [0, 0.05) is 18.2 Å². The molecule has 36 heavy (non-hydrogen) atoms. The number of amides is 1. The highest BCUT2D eigenvalue weighted by atomic mass is 19.3. The molecular weight excluding hydrogens is 467 g/mol. The summed E-state index contributed by atoms with van der Waals surface area (Å²) in [6.07, 6.45) is 1.89. The molecule has 1 aromatic heterocycles. The number of aromatic nitrogens is 2.